The van der Waals surface area contributed by atoms with Crippen LogP contribution in [0.3, 0.4) is 0 Å². The van der Waals surface area contributed by atoms with Crippen molar-refractivity contribution in [3.8, 4) is 10.4 Å². The molecule has 2 aromatic carbocycles. The minimum absolute atomic E-state index is 0. The molecule has 0 radical (unpaired) electrons. The fourth-order valence-corrected chi connectivity index (χ4v) is 7.44. The highest BCUT2D eigenvalue weighted by atomic mass is 35.5. The van der Waals surface area contributed by atoms with E-state index in [9.17, 15) is 28.7 Å². The van der Waals surface area contributed by atoms with Crippen LogP contribution in [0.2, 0.25) is 0 Å². The van der Waals surface area contributed by atoms with Crippen molar-refractivity contribution in [2.24, 2.45) is 16.9 Å². The number of unbranched alkanes of at least 4 members (excludes halogenated alkanes) is 1. The summed E-state index contributed by atoms with van der Waals surface area (Å²) in [5.41, 5.74) is 16.4. The van der Waals surface area contributed by atoms with Crippen LogP contribution in [0.25, 0.3) is 10.4 Å². The summed E-state index contributed by atoms with van der Waals surface area (Å²) in [6.45, 7) is 11.3. The second kappa shape index (κ2) is 21.0. The number of amides is 4. The normalized spacial score (nSPS) is 17.7. The number of β-amino-alcohol motifs (C(OH)–C–C–N with tert-alkyl or cyclic N) is 1. The van der Waals surface area contributed by atoms with E-state index in [0.717, 1.165) is 21.7 Å². The number of aryl methyl sites for hydroxylation is 2. The minimum Gasteiger partial charge on any atom is -0.391 e. The van der Waals surface area contributed by atoms with E-state index in [-0.39, 0.29) is 80.6 Å². The lowest BCUT2D eigenvalue weighted by Gasteiger charge is -2.35. The topological polar surface area (TPSA) is 190 Å². The third-order valence-corrected chi connectivity index (χ3v) is 11.1. The second-order valence-electron chi connectivity index (χ2n) is 15.7. The maximum Gasteiger partial charge on any atom is 0.246 e. The number of hydrogen-bond acceptors (Lipinski definition) is 9. The number of nitrogens with one attached hydrogen (secondary N) is 2. The minimum atomic E-state index is -0.937. The van der Waals surface area contributed by atoms with Gasteiger partial charge in [-0.05, 0) is 80.2 Å². The van der Waals surface area contributed by atoms with Crippen LogP contribution < -0.4 is 22.1 Å². The summed E-state index contributed by atoms with van der Waals surface area (Å²) < 4.78 is 20.7. The highest BCUT2D eigenvalue weighted by molar-refractivity contribution is 7.13. The summed E-state index contributed by atoms with van der Waals surface area (Å²) in [7, 11) is 0. The van der Waals surface area contributed by atoms with Crippen molar-refractivity contribution >= 4 is 47.4 Å². The standard InChI is InChI=1S/C41H57FN6O6S.ClH/c1-24(28-13-15-30(16-14-28)37-25(2)45-23-55-37)46-39(52)34-20-31(49)21-48(34)40(53)38(41(4,5)6)47-36(51)10-8-7-9-29-12-11-27(19-32(29)42)22-54-26(3)33(43)17-18-35(44)50;/h11-16,19,23-24,26,31,33-34,38,49H,7-10,17-18,20-22,43H2,1-6H3,(H2,44,50)(H,46,52)(H,47,51);1H/t24-,26+,31+,33-,34-,38+;/m0./s1. The third kappa shape index (κ3) is 13.1. The molecule has 1 fully saturated rings. The highest BCUT2D eigenvalue weighted by Gasteiger charge is 2.44. The lowest BCUT2D eigenvalue weighted by atomic mass is 9.85. The number of nitrogens with two attached hydrogens (primary N) is 2. The van der Waals surface area contributed by atoms with Crippen molar-refractivity contribution < 1.29 is 33.4 Å². The Morgan fingerprint density at radius 1 is 1.07 bits per heavy atom. The summed E-state index contributed by atoms with van der Waals surface area (Å²) in [5, 5.41) is 16.5. The number of nitrogens with zero attached hydrogens (tertiary/aromatic N) is 2. The molecule has 1 aromatic heterocycles. The lowest BCUT2D eigenvalue weighted by Crippen LogP contribution is -2.57. The molecule has 2 heterocycles. The quantitative estimate of drug-likeness (QED) is 0.108. The largest absolute Gasteiger partial charge is 0.391 e. The Morgan fingerprint density at radius 2 is 1.77 bits per heavy atom. The van der Waals surface area contributed by atoms with E-state index in [0.29, 0.717) is 36.8 Å². The summed E-state index contributed by atoms with van der Waals surface area (Å²) in [5.74, 6) is -1.91. The Hall–Kier alpha value is -3.95. The van der Waals surface area contributed by atoms with Crippen LogP contribution in [0.1, 0.15) is 102 Å². The van der Waals surface area contributed by atoms with Crippen LogP contribution in [-0.4, -0.2) is 75.5 Å². The molecule has 1 aliphatic heterocycles. The number of hydrogen-bond donors (Lipinski definition) is 5. The van der Waals surface area contributed by atoms with Gasteiger partial charge in [-0.3, -0.25) is 19.2 Å². The van der Waals surface area contributed by atoms with Gasteiger partial charge < -0.3 is 36.8 Å². The van der Waals surface area contributed by atoms with E-state index in [1.807, 2.05) is 64.4 Å². The lowest BCUT2D eigenvalue weighted by molar-refractivity contribution is -0.144. The molecule has 4 amide bonds. The fraction of sp³-hybridized carbons (Fsp3) is 0.537. The van der Waals surface area contributed by atoms with E-state index in [4.69, 9.17) is 16.2 Å². The van der Waals surface area contributed by atoms with Crippen LogP contribution >= 0.6 is 23.7 Å². The Kier molecular flexibility index (Phi) is 17.4. The van der Waals surface area contributed by atoms with Gasteiger partial charge in [0.15, 0.2) is 0 Å². The van der Waals surface area contributed by atoms with Gasteiger partial charge in [0.1, 0.15) is 17.9 Å². The molecule has 6 atom stereocenters. The molecule has 7 N–H and O–H groups in total. The van der Waals surface area contributed by atoms with Gasteiger partial charge >= 0.3 is 0 Å². The van der Waals surface area contributed by atoms with Gasteiger partial charge in [-0.2, -0.15) is 0 Å². The molecule has 12 nitrogen and oxygen atoms in total. The van der Waals surface area contributed by atoms with E-state index < -0.39 is 35.4 Å². The zero-order chi connectivity index (χ0) is 40.4. The number of ether oxygens (including phenoxy) is 1. The molecular formula is C41H58ClFN6O6S. The first-order valence-electron chi connectivity index (χ1n) is 19.0. The molecule has 1 saturated heterocycles. The van der Waals surface area contributed by atoms with Gasteiger partial charge in [-0.25, -0.2) is 9.37 Å². The first-order chi connectivity index (χ1) is 25.9. The fourth-order valence-electron chi connectivity index (χ4n) is 6.63. The molecule has 0 aliphatic carbocycles. The number of carbonyl (C=O) groups excluding carboxylic acids is 4. The molecular weight excluding hydrogens is 759 g/mol. The van der Waals surface area contributed by atoms with Crippen LogP contribution in [0, 0.1) is 18.2 Å². The third-order valence-electron chi connectivity index (χ3n) is 10.1. The molecule has 308 valence electrons. The number of primary amides is 1. The van der Waals surface area contributed by atoms with Gasteiger partial charge in [0.2, 0.25) is 23.6 Å². The molecule has 4 rings (SSSR count). The summed E-state index contributed by atoms with van der Waals surface area (Å²) in [6.07, 6.45) is 1.02. The van der Waals surface area contributed by atoms with Crippen LogP contribution in [0.4, 0.5) is 4.39 Å². The number of aliphatic hydroxyl groups is 1. The number of rotatable bonds is 18. The zero-order valence-corrected chi connectivity index (χ0v) is 34.8. The smallest absolute Gasteiger partial charge is 0.246 e. The van der Waals surface area contributed by atoms with Crippen molar-refractivity contribution in [3.05, 3.63) is 76.2 Å². The number of benzene rings is 2. The summed E-state index contributed by atoms with van der Waals surface area (Å²) in [4.78, 5) is 58.6. The maximum atomic E-state index is 14.9. The van der Waals surface area contributed by atoms with Crippen molar-refractivity contribution in [2.45, 2.75) is 129 Å². The first kappa shape index (κ1) is 46.4. The maximum absolute atomic E-state index is 14.9. The molecule has 0 spiro atoms. The Morgan fingerprint density at radius 3 is 2.38 bits per heavy atom. The van der Waals surface area contributed by atoms with Gasteiger partial charge in [0, 0.05) is 31.8 Å². The van der Waals surface area contributed by atoms with E-state index in [1.165, 1.54) is 11.0 Å². The number of halogens is 2. The molecule has 0 saturated carbocycles. The van der Waals surface area contributed by atoms with Gasteiger partial charge in [0.25, 0.3) is 0 Å². The van der Waals surface area contributed by atoms with Crippen molar-refractivity contribution in [1.29, 1.82) is 0 Å². The highest BCUT2D eigenvalue weighted by Crippen LogP contribution is 2.30. The van der Waals surface area contributed by atoms with E-state index in [2.05, 4.69) is 15.6 Å². The molecule has 15 heteroatoms. The van der Waals surface area contributed by atoms with Gasteiger partial charge in [-0.1, -0.05) is 57.2 Å². The molecule has 56 heavy (non-hydrogen) atoms. The van der Waals surface area contributed by atoms with Crippen LogP contribution in [0.15, 0.2) is 48.0 Å². The van der Waals surface area contributed by atoms with Crippen molar-refractivity contribution in [3.63, 3.8) is 0 Å². The van der Waals surface area contributed by atoms with Crippen LogP contribution in [-0.2, 0) is 36.9 Å². The predicted octanol–water partition coefficient (Wildman–Crippen LogP) is 5.26. The van der Waals surface area contributed by atoms with E-state index >= 15 is 0 Å². The first-order valence-corrected chi connectivity index (χ1v) is 19.8. The van der Waals surface area contributed by atoms with Crippen molar-refractivity contribution in [1.82, 2.24) is 20.5 Å². The number of likely N-dealkylation sites (tertiary alicyclic amines) is 1. The summed E-state index contributed by atoms with van der Waals surface area (Å²) in [6, 6.07) is 10.3. The van der Waals surface area contributed by atoms with Gasteiger partial charge in [0.05, 0.1) is 40.9 Å². The Balaban J connectivity index is 0.00000841. The number of aromatic nitrogens is 1. The Bertz CT molecular complexity index is 1790. The number of carbonyl (C=O) groups is 4. The predicted molar refractivity (Wildman–Crippen MR) is 218 cm³/mol. The molecule has 1 aliphatic rings. The van der Waals surface area contributed by atoms with E-state index in [1.54, 1.807) is 30.4 Å². The Labute approximate surface area is 339 Å². The average molecular weight is 817 g/mol. The SMILES string of the molecule is Cc1ncsc1-c1ccc([C@H](C)NC(=O)[C@@H]2C[C@@H](O)CN2C(=O)[C@@H](NC(=O)CCCCc2ccc(CO[C@H](C)[C@@H](N)CCC(N)=O)cc2F)C(C)(C)C)cc1.Cl. The van der Waals surface area contributed by atoms with Gasteiger partial charge in [-0.15, -0.1) is 23.7 Å². The summed E-state index contributed by atoms with van der Waals surface area (Å²) >= 11 is 1.57. The molecule has 0 unspecified atom stereocenters. The zero-order valence-electron chi connectivity index (χ0n) is 33.2. The average Bonchev–Trinajstić information content (AvgIpc) is 3.75. The molecule has 3 aromatic rings. The number of aliphatic hydroxyl groups excluding tert-OH is 1. The number of thiazole rings is 1. The second-order valence-corrected chi connectivity index (χ2v) is 16.6. The van der Waals surface area contributed by atoms with Crippen LogP contribution in [0.5, 0.6) is 0 Å². The monoisotopic (exact) mass is 816 g/mol. The van der Waals surface area contributed by atoms with Crippen molar-refractivity contribution in [2.75, 3.05) is 6.54 Å². The molecule has 0 bridgehead atoms.